The van der Waals surface area contributed by atoms with Crippen LogP contribution < -0.4 is 10.6 Å². The number of hydrogen-bond donors (Lipinski definition) is 2. The van der Waals surface area contributed by atoms with Crippen molar-refractivity contribution in [2.75, 3.05) is 13.1 Å². The maximum Gasteiger partial charge on any atom is 0.224 e. The van der Waals surface area contributed by atoms with Gasteiger partial charge in [0.15, 0.2) is 0 Å². The lowest BCUT2D eigenvalue weighted by Gasteiger charge is -2.06. The fraction of sp³-hybridized carbons (Fsp3) is 0.267. The van der Waals surface area contributed by atoms with Crippen LogP contribution in [0.4, 0.5) is 4.39 Å². The van der Waals surface area contributed by atoms with Crippen molar-refractivity contribution in [3.05, 3.63) is 59.8 Å². The molecule has 1 amide bonds. The predicted octanol–water partition coefficient (Wildman–Crippen LogP) is 1.87. The van der Waals surface area contributed by atoms with Gasteiger partial charge in [-0.2, -0.15) is 0 Å². The summed E-state index contributed by atoms with van der Waals surface area (Å²) in [6, 6.07) is 9.66. The average Bonchev–Trinajstić information content (AvgIpc) is 2.94. The molecule has 1 aromatic heterocycles. The molecule has 2 N–H and O–H groups in total. The molecule has 0 saturated heterocycles. The highest BCUT2D eigenvalue weighted by Crippen LogP contribution is 2.03. The van der Waals surface area contributed by atoms with Crippen LogP contribution in [0.25, 0.3) is 0 Å². The largest absolute Gasteiger partial charge is 0.468 e. The van der Waals surface area contributed by atoms with E-state index in [9.17, 15) is 9.18 Å². The van der Waals surface area contributed by atoms with Gasteiger partial charge in [-0.15, -0.1) is 0 Å². The molecule has 0 atom stereocenters. The number of amides is 1. The minimum Gasteiger partial charge on any atom is -0.468 e. The second-order valence-corrected chi connectivity index (χ2v) is 4.41. The molecule has 106 valence electrons. The standard InChI is InChI=1S/C15H17FN2O2/c16-13-5-3-12(4-6-13)10-15(19)18-8-7-17-11-14-2-1-9-20-14/h1-6,9,17H,7-8,10-11H2,(H,18,19). The zero-order valence-corrected chi connectivity index (χ0v) is 11.1. The van der Waals surface area contributed by atoms with Crippen molar-refractivity contribution in [1.29, 1.82) is 0 Å². The minimum absolute atomic E-state index is 0.0728. The van der Waals surface area contributed by atoms with Gasteiger partial charge in [-0.25, -0.2) is 4.39 Å². The molecule has 20 heavy (non-hydrogen) atoms. The smallest absolute Gasteiger partial charge is 0.224 e. The molecule has 0 aliphatic rings. The maximum absolute atomic E-state index is 12.7. The Morgan fingerprint density at radius 3 is 2.65 bits per heavy atom. The molecule has 0 radical (unpaired) electrons. The lowest BCUT2D eigenvalue weighted by molar-refractivity contribution is -0.120. The van der Waals surface area contributed by atoms with E-state index in [0.29, 0.717) is 19.6 Å². The molecule has 0 spiro atoms. The summed E-state index contributed by atoms with van der Waals surface area (Å²) in [5.74, 6) is 0.496. The summed E-state index contributed by atoms with van der Waals surface area (Å²) in [6.45, 7) is 1.84. The molecule has 1 heterocycles. The topological polar surface area (TPSA) is 54.3 Å². The van der Waals surface area contributed by atoms with Gasteiger partial charge in [0.2, 0.25) is 5.91 Å². The zero-order chi connectivity index (χ0) is 14.2. The number of benzene rings is 1. The van der Waals surface area contributed by atoms with Crippen molar-refractivity contribution in [3.63, 3.8) is 0 Å². The van der Waals surface area contributed by atoms with Crippen LogP contribution in [0.2, 0.25) is 0 Å². The molecule has 0 aliphatic heterocycles. The number of hydrogen-bond acceptors (Lipinski definition) is 3. The summed E-state index contributed by atoms with van der Waals surface area (Å²) in [5, 5.41) is 5.96. The van der Waals surface area contributed by atoms with Gasteiger partial charge in [0, 0.05) is 13.1 Å². The summed E-state index contributed by atoms with van der Waals surface area (Å²) in [4.78, 5) is 11.6. The third-order valence-electron chi connectivity index (χ3n) is 2.78. The molecule has 0 fully saturated rings. The summed E-state index contributed by atoms with van der Waals surface area (Å²) in [6.07, 6.45) is 1.89. The molecule has 1 aromatic carbocycles. The fourth-order valence-electron chi connectivity index (χ4n) is 1.77. The first-order chi connectivity index (χ1) is 9.74. The van der Waals surface area contributed by atoms with Crippen molar-refractivity contribution < 1.29 is 13.6 Å². The second-order valence-electron chi connectivity index (χ2n) is 4.41. The Morgan fingerprint density at radius 2 is 1.95 bits per heavy atom. The molecule has 0 unspecified atom stereocenters. The van der Waals surface area contributed by atoms with Crippen LogP contribution >= 0.6 is 0 Å². The number of nitrogens with one attached hydrogen (secondary N) is 2. The summed E-state index contributed by atoms with van der Waals surface area (Å²) >= 11 is 0. The van der Waals surface area contributed by atoms with Crippen molar-refractivity contribution >= 4 is 5.91 Å². The molecule has 5 heteroatoms. The first kappa shape index (κ1) is 14.3. The molecule has 0 bridgehead atoms. The van der Waals surface area contributed by atoms with Gasteiger partial charge >= 0.3 is 0 Å². The van der Waals surface area contributed by atoms with Gasteiger partial charge in [-0.3, -0.25) is 4.79 Å². The van der Waals surface area contributed by atoms with Crippen LogP contribution in [0.5, 0.6) is 0 Å². The van der Waals surface area contributed by atoms with E-state index in [0.717, 1.165) is 11.3 Å². The Kier molecular flexibility index (Phi) is 5.32. The molecule has 0 aliphatic carbocycles. The average molecular weight is 276 g/mol. The summed E-state index contributed by atoms with van der Waals surface area (Å²) in [5.41, 5.74) is 0.799. The molecule has 2 rings (SSSR count). The normalized spacial score (nSPS) is 10.4. The minimum atomic E-state index is -0.295. The molecule has 4 nitrogen and oxygen atoms in total. The molecule has 2 aromatic rings. The monoisotopic (exact) mass is 276 g/mol. The summed E-state index contributed by atoms with van der Waals surface area (Å²) in [7, 11) is 0. The van der Waals surface area contributed by atoms with Crippen LogP contribution in [0, 0.1) is 5.82 Å². The predicted molar refractivity (Wildman–Crippen MR) is 73.5 cm³/mol. The first-order valence-electron chi connectivity index (χ1n) is 6.48. The van der Waals surface area contributed by atoms with Crippen LogP contribution in [-0.2, 0) is 17.8 Å². The van der Waals surface area contributed by atoms with Crippen molar-refractivity contribution in [1.82, 2.24) is 10.6 Å². The van der Waals surface area contributed by atoms with E-state index in [4.69, 9.17) is 4.42 Å². The van der Waals surface area contributed by atoms with Crippen molar-refractivity contribution in [3.8, 4) is 0 Å². The quantitative estimate of drug-likeness (QED) is 0.759. The fourth-order valence-corrected chi connectivity index (χ4v) is 1.77. The van der Waals surface area contributed by atoms with Gasteiger partial charge < -0.3 is 15.1 Å². The summed E-state index contributed by atoms with van der Waals surface area (Å²) < 4.78 is 17.9. The van der Waals surface area contributed by atoms with Crippen LogP contribution in [0.3, 0.4) is 0 Å². The molecular weight excluding hydrogens is 259 g/mol. The Balaban J connectivity index is 1.59. The Bertz CT molecular complexity index is 523. The van der Waals surface area contributed by atoms with Gasteiger partial charge in [0.05, 0.1) is 19.2 Å². The Morgan fingerprint density at radius 1 is 1.15 bits per heavy atom. The highest BCUT2D eigenvalue weighted by Gasteiger charge is 2.03. The van der Waals surface area contributed by atoms with Crippen molar-refractivity contribution in [2.45, 2.75) is 13.0 Å². The maximum atomic E-state index is 12.7. The van der Waals surface area contributed by atoms with E-state index in [1.165, 1.54) is 12.1 Å². The third-order valence-corrected chi connectivity index (χ3v) is 2.78. The third kappa shape index (κ3) is 4.85. The van der Waals surface area contributed by atoms with E-state index in [-0.39, 0.29) is 18.1 Å². The Hall–Kier alpha value is -2.14. The van der Waals surface area contributed by atoms with Gasteiger partial charge in [-0.1, -0.05) is 12.1 Å². The van der Waals surface area contributed by atoms with E-state index in [1.807, 2.05) is 12.1 Å². The van der Waals surface area contributed by atoms with Crippen LogP contribution in [0.15, 0.2) is 47.1 Å². The first-order valence-corrected chi connectivity index (χ1v) is 6.48. The lowest BCUT2D eigenvalue weighted by atomic mass is 10.1. The lowest BCUT2D eigenvalue weighted by Crippen LogP contribution is -2.32. The SMILES string of the molecule is O=C(Cc1ccc(F)cc1)NCCNCc1ccco1. The number of furan rings is 1. The highest BCUT2D eigenvalue weighted by atomic mass is 19.1. The van der Waals surface area contributed by atoms with E-state index in [1.54, 1.807) is 18.4 Å². The number of rotatable bonds is 7. The van der Waals surface area contributed by atoms with E-state index >= 15 is 0 Å². The number of halogens is 1. The van der Waals surface area contributed by atoms with Crippen LogP contribution in [-0.4, -0.2) is 19.0 Å². The highest BCUT2D eigenvalue weighted by molar-refractivity contribution is 5.78. The van der Waals surface area contributed by atoms with Gasteiger partial charge in [-0.05, 0) is 29.8 Å². The Labute approximate surface area is 117 Å². The zero-order valence-electron chi connectivity index (χ0n) is 11.1. The van der Waals surface area contributed by atoms with Crippen LogP contribution in [0.1, 0.15) is 11.3 Å². The molecule has 0 saturated carbocycles. The number of carbonyl (C=O) groups excluding carboxylic acids is 1. The second kappa shape index (κ2) is 7.45. The van der Waals surface area contributed by atoms with Gasteiger partial charge in [0.25, 0.3) is 0 Å². The van der Waals surface area contributed by atoms with Crippen molar-refractivity contribution in [2.24, 2.45) is 0 Å². The van der Waals surface area contributed by atoms with Gasteiger partial charge in [0.1, 0.15) is 11.6 Å². The molecular formula is C15H17FN2O2. The van der Waals surface area contributed by atoms with E-state index in [2.05, 4.69) is 10.6 Å². The number of carbonyl (C=O) groups is 1. The van der Waals surface area contributed by atoms with E-state index < -0.39 is 0 Å².